The number of nitrogens with one attached hydrogen (secondary N) is 2. The molecule has 1 atom stereocenters. The van der Waals surface area contributed by atoms with Crippen molar-refractivity contribution in [3.8, 4) is 0 Å². The van der Waals surface area contributed by atoms with E-state index in [4.69, 9.17) is 4.74 Å². The van der Waals surface area contributed by atoms with Crippen LogP contribution >= 0.6 is 0 Å². The molecule has 0 amide bonds. The minimum absolute atomic E-state index is 0.0641. The Labute approximate surface area is 163 Å². The topological polar surface area (TPSA) is 83.0 Å². The lowest BCUT2D eigenvalue weighted by Crippen LogP contribution is -2.29. The van der Waals surface area contributed by atoms with Gasteiger partial charge in [0.15, 0.2) is 0 Å². The molecule has 4 rings (SSSR count). The number of aliphatic imine (C=N–C) groups is 1. The van der Waals surface area contributed by atoms with Crippen LogP contribution in [0, 0.1) is 5.82 Å². The van der Waals surface area contributed by atoms with E-state index in [0.29, 0.717) is 11.7 Å². The van der Waals surface area contributed by atoms with Crippen LogP contribution in [0.25, 0.3) is 0 Å². The van der Waals surface area contributed by atoms with Crippen molar-refractivity contribution in [3.05, 3.63) is 58.9 Å². The molecule has 2 N–H and O–H groups in total. The third-order valence-corrected chi connectivity index (χ3v) is 6.32. The molecule has 7 nitrogen and oxygen atoms in total. The van der Waals surface area contributed by atoms with E-state index in [1.54, 1.807) is 30.3 Å². The van der Waals surface area contributed by atoms with Gasteiger partial charge < -0.3 is 10.1 Å². The first-order chi connectivity index (χ1) is 13.3. The van der Waals surface area contributed by atoms with Gasteiger partial charge in [-0.15, -0.1) is 0 Å². The van der Waals surface area contributed by atoms with Crippen LogP contribution in [0.5, 0.6) is 0 Å². The summed E-state index contributed by atoms with van der Waals surface area (Å²) in [4.78, 5) is 4.65. The lowest BCUT2D eigenvalue weighted by molar-refractivity contribution is 0.282. The van der Waals surface area contributed by atoms with Crippen LogP contribution in [-0.4, -0.2) is 32.8 Å². The van der Waals surface area contributed by atoms with E-state index >= 15 is 0 Å². The second-order valence-electron chi connectivity index (χ2n) is 7.01. The molecule has 2 aliphatic rings. The molecular formula is C19H21FN4O3S. The maximum Gasteiger partial charge on any atom is 0.301 e. The number of nitrogens with zero attached hydrogens (tertiary/aromatic N) is 2. The molecule has 1 aliphatic heterocycles. The zero-order valence-electron chi connectivity index (χ0n) is 15.6. The Kier molecular flexibility index (Phi) is 4.72. The molecule has 148 valence electrons. The molecule has 0 bridgehead atoms. The lowest BCUT2D eigenvalue weighted by Gasteiger charge is -2.23. The maximum absolute atomic E-state index is 13.4. The summed E-state index contributed by atoms with van der Waals surface area (Å²) in [6.45, 7) is 0.279. The van der Waals surface area contributed by atoms with E-state index in [2.05, 4.69) is 15.0 Å². The fraction of sp³-hybridized carbons (Fsp3) is 0.316. The Morgan fingerprint density at radius 3 is 2.82 bits per heavy atom. The second-order valence-corrected chi connectivity index (χ2v) is 8.89. The van der Waals surface area contributed by atoms with Crippen molar-refractivity contribution in [2.75, 3.05) is 24.1 Å². The molecule has 0 saturated heterocycles. The largest absolute Gasteiger partial charge is 0.460 e. The number of hydrogen-bond acceptors (Lipinski definition) is 4. The second kappa shape index (κ2) is 7.06. The average molecular weight is 404 g/mol. The highest BCUT2D eigenvalue weighted by Crippen LogP contribution is 2.35. The van der Waals surface area contributed by atoms with Gasteiger partial charge in [-0.25, -0.2) is 9.38 Å². The number of amidine groups is 1. The zero-order valence-corrected chi connectivity index (χ0v) is 16.4. The molecule has 9 heteroatoms. The highest BCUT2D eigenvalue weighted by molar-refractivity contribution is 7.90. The predicted octanol–water partition coefficient (Wildman–Crippen LogP) is 3.03. The van der Waals surface area contributed by atoms with Crippen LogP contribution in [0.4, 0.5) is 15.8 Å². The summed E-state index contributed by atoms with van der Waals surface area (Å²) in [5, 5.41) is 3.14. The van der Waals surface area contributed by atoms with E-state index in [0.717, 1.165) is 39.5 Å². The molecule has 0 saturated carbocycles. The smallest absolute Gasteiger partial charge is 0.301 e. The van der Waals surface area contributed by atoms with Gasteiger partial charge in [0.25, 0.3) is 6.02 Å². The summed E-state index contributed by atoms with van der Waals surface area (Å²) in [6, 6.07) is 10.4. The van der Waals surface area contributed by atoms with E-state index in [1.807, 2.05) is 0 Å². The van der Waals surface area contributed by atoms with Gasteiger partial charge in [0.05, 0.1) is 11.7 Å². The Hall–Kier alpha value is -2.65. The summed E-state index contributed by atoms with van der Waals surface area (Å²) in [5.41, 5.74) is 4.12. The molecule has 1 unspecified atom stereocenters. The Balaban J connectivity index is 1.51. The Morgan fingerprint density at radius 2 is 2.04 bits per heavy atom. The van der Waals surface area contributed by atoms with Gasteiger partial charge >= 0.3 is 10.2 Å². The third-order valence-electron chi connectivity index (χ3n) is 4.86. The molecule has 0 radical (unpaired) electrons. The Morgan fingerprint density at radius 1 is 1.21 bits per heavy atom. The molecule has 0 spiro atoms. The molecule has 0 aromatic heterocycles. The molecule has 2 aromatic carbocycles. The van der Waals surface area contributed by atoms with Gasteiger partial charge in [0.2, 0.25) is 0 Å². The minimum Gasteiger partial charge on any atom is -0.460 e. The van der Waals surface area contributed by atoms with E-state index in [1.165, 1.54) is 20.2 Å². The first-order valence-electron chi connectivity index (χ1n) is 8.91. The molecule has 28 heavy (non-hydrogen) atoms. The molecule has 1 heterocycles. The molecule has 2 aromatic rings. The number of fused-ring (bicyclic) bond motifs is 2. The quantitative estimate of drug-likeness (QED) is 0.821. The zero-order chi connectivity index (χ0) is 19.9. The number of benzene rings is 2. The number of anilines is 2. The summed E-state index contributed by atoms with van der Waals surface area (Å²) < 4.78 is 46.6. The van der Waals surface area contributed by atoms with Crippen LogP contribution in [0.3, 0.4) is 0 Å². The number of hydrogen-bond donors (Lipinski definition) is 2. The Bertz CT molecular complexity index is 1050. The fourth-order valence-electron chi connectivity index (χ4n) is 3.34. The summed E-state index contributed by atoms with van der Waals surface area (Å²) in [6.07, 6.45) is 1.60. The normalized spacial score (nSPS) is 19.7. The minimum atomic E-state index is -3.56. The van der Waals surface area contributed by atoms with Crippen LogP contribution < -0.4 is 10.0 Å². The molecular weight excluding hydrogens is 383 g/mol. The van der Waals surface area contributed by atoms with Gasteiger partial charge in [0, 0.05) is 25.3 Å². The number of rotatable bonds is 4. The summed E-state index contributed by atoms with van der Waals surface area (Å²) >= 11 is 0. The van der Waals surface area contributed by atoms with E-state index in [-0.39, 0.29) is 18.5 Å². The summed E-state index contributed by atoms with van der Waals surface area (Å²) in [7, 11) is -0.640. The maximum atomic E-state index is 13.4. The number of aryl methyl sites for hydroxylation is 1. The van der Waals surface area contributed by atoms with Crippen molar-refractivity contribution in [1.82, 2.24) is 4.31 Å². The lowest BCUT2D eigenvalue weighted by atomic mass is 10.1. The van der Waals surface area contributed by atoms with Crippen molar-refractivity contribution < 1.29 is 17.5 Å². The first-order valence-corrected chi connectivity index (χ1v) is 10.3. The third kappa shape index (κ3) is 3.67. The van der Waals surface area contributed by atoms with E-state index in [9.17, 15) is 12.8 Å². The van der Waals surface area contributed by atoms with Crippen LogP contribution in [-0.2, 0) is 28.0 Å². The van der Waals surface area contributed by atoms with Crippen molar-refractivity contribution >= 4 is 27.6 Å². The number of ether oxygens (including phenoxy) is 1. The van der Waals surface area contributed by atoms with Crippen molar-refractivity contribution in [3.63, 3.8) is 0 Å². The van der Waals surface area contributed by atoms with Gasteiger partial charge in [-0.1, -0.05) is 6.07 Å². The van der Waals surface area contributed by atoms with Gasteiger partial charge in [-0.3, -0.25) is 4.72 Å². The van der Waals surface area contributed by atoms with E-state index < -0.39 is 10.2 Å². The van der Waals surface area contributed by atoms with Crippen molar-refractivity contribution in [1.29, 1.82) is 0 Å². The van der Waals surface area contributed by atoms with Crippen LogP contribution in [0.2, 0.25) is 0 Å². The highest BCUT2D eigenvalue weighted by Gasteiger charge is 2.25. The monoisotopic (exact) mass is 404 g/mol. The van der Waals surface area contributed by atoms with Gasteiger partial charge in [-0.2, -0.15) is 12.7 Å². The average Bonchev–Trinajstić information content (AvgIpc) is 3.03. The first kappa shape index (κ1) is 18.7. The standard InChI is InChI=1S/C19H21FN4O3S/c1-24(2)28(25,26)23-15-5-8-17-13(10-15)11-27-19(21-17)22-18-7-3-12-9-14(20)4-6-16(12)18/h4-6,8-10,18,23H,3,7,11H2,1-2H3,(H,21,22). The summed E-state index contributed by atoms with van der Waals surface area (Å²) in [5.74, 6) is -0.228. The molecule has 0 fully saturated rings. The van der Waals surface area contributed by atoms with Crippen LogP contribution in [0.15, 0.2) is 41.4 Å². The molecule has 1 aliphatic carbocycles. The van der Waals surface area contributed by atoms with Crippen LogP contribution in [0.1, 0.15) is 29.2 Å². The predicted molar refractivity (Wildman–Crippen MR) is 106 cm³/mol. The number of halogens is 1. The van der Waals surface area contributed by atoms with Crippen molar-refractivity contribution in [2.24, 2.45) is 4.99 Å². The van der Waals surface area contributed by atoms with Crippen molar-refractivity contribution in [2.45, 2.75) is 25.5 Å². The highest BCUT2D eigenvalue weighted by atomic mass is 32.2. The SMILES string of the molecule is CN(C)S(=O)(=O)Nc1ccc2c(c1)COC(=NC1CCc3cc(F)ccc31)N2. The van der Waals surface area contributed by atoms with Gasteiger partial charge in [0.1, 0.15) is 12.4 Å². The van der Waals surface area contributed by atoms with Gasteiger partial charge in [-0.05, 0) is 54.3 Å². The fourth-order valence-corrected chi connectivity index (χ4v) is 3.95.